The van der Waals surface area contributed by atoms with E-state index in [4.69, 9.17) is 0 Å². The predicted molar refractivity (Wildman–Crippen MR) is 110 cm³/mol. The summed E-state index contributed by atoms with van der Waals surface area (Å²) in [4.78, 5) is 29.8. The number of anilines is 1. The van der Waals surface area contributed by atoms with Crippen molar-refractivity contribution in [2.24, 2.45) is 0 Å². The van der Waals surface area contributed by atoms with Gasteiger partial charge in [-0.2, -0.15) is 0 Å². The Bertz CT molecular complexity index is 809. The van der Waals surface area contributed by atoms with Crippen LogP contribution in [-0.2, 0) is 16.0 Å². The minimum absolute atomic E-state index is 0.149. The van der Waals surface area contributed by atoms with Gasteiger partial charge in [-0.15, -0.1) is 0 Å². The molecule has 0 bridgehead atoms. The van der Waals surface area contributed by atoms with Crippen LogP contribution in [0.1, 0.15) is 18.9 Å². The van der Waals surface area contributed by atoms with Crippen molar-refractivity contribution in [1.82, 2.24) is 5.32 Å². The molecule has 1 unspecified atom stereocenters. The van der Waals surface area contributed by atoms with Crippen LogP contribution in [0.5, 0.6) is 0 Å². The number of nitrogens with one attached hydrogen (secondary N) is 2. The van der Waals surface area contributed by atoms with Crippen molar-refractivity contribution >= 4 is 34.4 Å². The SMILES string of the molecule is CCNC(=[NH+]CCc1ccccc1)SC1CC(=O)N(c2ccccc2)C1=O. The second kappa shape index (κ2) is 9.37. The van der Waals surface area contributed by atoms with E-state index >= 15 is 0 Å². The van der Waals surface area contributed by atoms with Crippen molar-refractivity contribution < 1.29 is 14.6 Å². The van der Waals surface area contributed by atoms with Gasteiger partial charge in [-0.25, -0.2) is 4.90 Å². The molecule has 3 rings (SSSR count). The van der Waals surface area contributed by atoms with Gasteiger partial charge < -0.3 is 0 Å². The maximum absolute atomic E-state index is 12.8. The maximum atomic E-state index is 12.8. The van der Waals surface area contributed by atoms with Crippen LogP contribution in [0.15, 0.2) is 60.7 Å². The highest BCUT2D eigenvalue weighted by molar-refractivity contribution is 8.14. The number of rotatable bonds is 6. The van der Waals surface area contributed by atoms with Crippen LogP contribution in [0, 0.1) is 0 Å². The van der Waals surface area contributed by atoms with Crippen LogP contribution in [-0.4, -0.2) is 35.3 Å². The van der Waals surface area contributed by atoms with Crippen LogP contribution in [0.4, 0.5) is 5.69 Å². The van der Waals surface area contributed by atoms with Gasteiger partial charge in [0.15, 0.2) is 0 Å². The topological polar surface area (TPSA) is 63.4 Å². The van der Waals surface area contributed by atoms with Gasteiger partial charge >= 0.3 is 5.17 Å². The fraction of sp³-hybridized carbons (Fsp3) is 0.286. The first-order valence-electron chi connectivity index (χ1n) is 9.16. The van der Waals surface area contributed by atoms with Crippen molar-refractivity contribution in [3.8, 4) is 0 Å². The van der Waals surface area contributed by atoms with Gasteiger partial charge in [-0.1, -0.05) is 48.5 Å². The van der Waals surface area contributed by atoms with Gasteiger partial charge in [0.25, 0.3) is 0 Å². The molecule has 27 heavy (non-hydrogen) atoms. The van der Waals surface area contributed by atoms with E-state index in [0.717, 1.165) is 24.7 Å². The lowest BCUT2D eigenvalue weighted by molar-refractivity contribution is -0.455. The lowest BCUT2D eigenvalue weighted by Gasteiger charge is -2.14. The minimum atomic E-state index is -0.406. The number of hydrogen-bond donors (Lipinski definition) is 2. The molecule has 1 fully saturated rings. The summed E-state index contributed by atoms with van der Waals surface area (Å²) < 4.78 is 0. The van der Waals surface area contributed by atoms with E-state index in [-0.39, 0.29) is 18.2 Å². The fourth-order valence-corrected chi connectivity index (χ4v) is 4.09. The van der Waals surface area contributed by atoms with E-state index in [1.165, 1.54) is 22.2 Å². The summed E-state index contributed by atoms with van der Waals surface area (Å²) in [5, 5.41) is 3.71. The van der Waals surface area contributed by atoms with Crippen molar-refractivity contribution in [3.05, 3.63) is 66.2 Å². The highest BCUT2D eigenvalue weighted by atomic mass is 32.2. The highest BCUT2D eigenvalue weighted by Gasteiger charge is 2.41. The molecule has 1 saturated heterocycles. The molecule has 0 aromatic heterocycles. The summed E-state index contributed by atoms with van der Waals surface area (Å²) >= 11 is 1.40. The summed E-state index contributed by atoms with van der Waals surface area (Å²) in [7, 11) is 0. The van der Waals surface area contributed by atoms with Gasteiger partial charge in [0.05, 0.1) is 18.8 Å². The van der Waals surface area contributed by atoms with E-state index in [1.54, 1.807) is 12.1 Å². The lowest BCUT2D eigenvalue weighted by atomic mass is 10.2. The summed E-state index contributed by atoms with van der Waals surface area (Å²) in [6.45, 7) is 3.52. The normalized spacial score (nSPS) is 17.4. The number of carbonyl (C=O) groups excluding carboxylic acids is 2. The first-order valence-corrected chi connectivity index (χ1v) is 10.0. The number of para-hydroxylation sites is 1. The standard InChI is InChI=1S/C21H23N3O2S/c1-2-22-21(23-14-13-16-9-5-3-6-10-16)27-18-15-19(25)24(20(18)26)17-11-7-4-8-12-17/h3-12,18H,2,13-15H2,1H3,(H,22,23)/p+1. The van der Waals surface area contributed by atoms with E-state index in [2.05, 4.69) is 22.4 Å². The smallest absolute Gasteiger partial charge is 0.274 e. The van der Waals surface area contributed by atoms with Gasteiger partial charge in [0.1, 0.15) is 5.25 Å². The predicted octanol–water partition coefficient (Wildman–Crippen LogP) is 1.34. The van der Waals surface area contributed by atoms with Crippen LogP contribution in [0.2, 0.25) is 0 Å². The van der Waals surface area contributed by atoms with E-state index in [1.807, 2.05) is 43.3 Å². The van der Waals surface area contributed by atoms with Gasteiger partial charge in [-0.3, -0.25) is 19.9 Å². The quantitative estimate of drug-likeness (QED) is 0.450. The molecule has 0 radical (unpaired) electrons. The van der Waals surface area contributed by atoms with Crippen molar-refractivity contribution in [2.75, 3.05) is 18.0 Å². The summed E-state index contributed by atoms with van der Waals surface area (Å²) in [6.07, 6.45) is 1.11. The Balaban J connectivity index is 1.65. The van der Waals surface area contributed by atoms with Crippen molar-refractivity contribution in [1.29, 1.82) is 0 Å². The van der Waals surface area contributed by atoms with Gasteiger partial charge in [-0.05, 0) is 36.4 Å². The molecule has 2 N–H and O–H groups in total. The molecule has 0 aliphatic carbocycles. The zero-order valence-electron chi connectivity index (χ0n) is 15.4. The second-order valence-electron chi connectivity index (χ2n) is 6.24. The Labute approximate surface area is 163 Å². The average molecular weight is 383 g/mol. The number of amides is 2. The fourth-order valence-electron chi connectivity index (χ4n) is 2.96. The van der Waals surface area contributed by atoms with E-state index < -0.39 is 5.25 Å². The first kappa shape index (κ1) is 19.2. The molecule has 1 heterocycles. The number of amidine groups is 1. The summed E-state index contributed by atoms with van der Waals surface area (Å²) in [5.41, 5.74) is 1.89. The molecule has 6 heteroatoms. The van der Waals surface area contributed by atoms with Crippen molar-refractivity contribution in [2.45, 2.75) is 25.0 Å². The van der Waals surface area contributed by atoms with Crippen LogP contribution < -0.4 is 15.2 Å². The Morgan fingerprint density at radius 3 is 2.44 bits per heavy atom. The molecular formula is C21H24N3O2S+. The molecule has 0 saturated carbocycles. The molecule has 1 aliphatic heterocycles. The Morgan fingerprint density at radius 1 is 1.11 bits per heavy atom. The average Bonchev–Trinajstić information content (AvgIpc) is 2.96. The van der Waals surface area contributed by atoms with Gasteiger partial charge in [0.2, 0.25) is 11.8 Å². The molecule has 2 aromatic rings. The van der Waals surface area contributed by atoms with E-state index in [9.17, 15) is 9.59 Å². The third-order valence-electron chi connectivity index (χ3n) is 4.26. The lowest BCUT2D eigenvalue weighted by Crippen LogP contribution is -2.76. The number of hydrogen-bond acceptors (Lipinski definition) is 3. The van der Waals surface area contributed by atoms with Crippen LogP contribution in [0.25, 0.3) is 0 Å². The van der Waals surface area contributed by atoms with Crippen LogP contribution >= 0.6 is 11.8 Å². The Morgan fingerprint density at radius 2 is 1.78 bits per heavy atom. The van der Waals surface area contributed by atoms with Gasteiger partial charge in [0, 0.05) is 12.8 Å². The number of benzene rings is 2. The highest BCUT2D eigenvalue weighted by Crippen LogP contribution is 2.29. The molecule has 140 valence electrons. The van der Waals surface area contributed by atoms with E-state index in [0.29, 0.717) is 5.69 Å². The molecular weight excluding hydrogens is 358 g/mol. The Kier molecular flexibility index (Phi) is 6.65. The zero-order chi connectivity index (χ0) is 19.1. The molecule has 1 atom stereocenters. The number of imide groups is 1. The molecule has 5 nitrogen and oxygen atoms in total. The number of thioether (sulfide) groups is 1. The van der Waals surface area contributed by atoms with Crippen molar-refractivity contribution in [3.63, 3.8) is 0 Å². The molecule has 2 amide bonds. The zero-order valence-corrected chi connectivity index (χ0v) is 16.2. The summed E-state index contributed by atoms with van der Waals surface area (Å²) in [5.74, 6) is -0.305. The van der Waals surface area contributed by atoms with Crippen LogP contribution in [0.3, 0.4) is 0 Å². The minimum Gasteiger partial charge on any atom is -0.274 e. The number of carbonyl (C=O) groups is 2. The molecule has 0 spiro atoms. The first-order chi connectivity index (χ1) is 13.2. The molecule has 2 aromatic carbocycles. The third kappa shape index (κ3) is 4.98. The number of nitrogens with zero attached hydrogens (tertiary/aromatic N) is 1. The monoisotopic (exact) mass is 382 g/mol. The maximum Gasteiger partial charge on any atom is 0.304 e. The largest absolute Gasteiger partial charge is 0.304 e. The second-order valence-corrected chi connectivity index (χ2v) is 7.45. The Hall–Kier alpha value is -2.60. The molecule has 1 aliphatic rings. The summed E-state index contributed by atoms with van der Waals surface area (Å²) in [6, 6.07) is 19.4. The third-order valence-corrected chi connectivity index (χ3v) is 5.44.